The average Bonchev–Trinajstić information content (AvgIpc) is 3.12. The number of carbonyl (C=O) groups is 1. The van der Waals surface area contributed by atoms with Crippen molar-refractivity contribution in [3.63, 3.8) is 0 Å². The van der Waals surface area contributed by atoms with Gasteiger partial charge in [0.15, 0.2) is 0 Å². The molecule has 4 nitrogen and oxygen atoms in total. The van der Waals surface area contributed by atoms with Crippen LogP contribution in [0, 0.1) is 6.92 Å². The van der Waals surface area contributed by atoms with Gasteiger partial charge >= 0.3 is 6.03 Å². The van der Waals surface area contributed by atoms with Crippen LogP contribution in [0.5, 0.6) is 0 Å². The molecule has 1 aliphatic carbocycles. The lowest BCUT2D eigenvalue weighted by Crippen LogP contribution is -2.31. The molecule has 1 fully saturated rings. The first kappa shape index (κ1) is 12.9. The molecule has 0 bridgehead atoms. The van der Waals surface area contributed by atoms with E-state index in [9.17, 15) is 4.79 Å². The lowest BCUT2D eigenvalue weighted by molar-refractivity contribution is 0.252. The van der Waals surface area contributed by atoms with Crippen LogP contribution in [0.25, 0.3) is 0 Å². The standard InChI is InChI=1S/C14H21N3O/c1-11-4-2-5-13(10-11)17-14(18)16-9-3-8-15-12-6-7-12/h2,4-5,10,12,15H,3,6-9H2,1H3,(H2,16,17,18). The van der Waals surface area contributed by atoms with Gasteiger partial charge in [0.1, 0.15) is 0 Å². The van der Waals surface area contributed by atoms with Gasteiger partial charge in [-0.05, 0) is 50.4 Å². The molecule has 1 aliphatic rings. The van der Waals surface area contributed by atoms with E-state index in [2.05, 4.69) is 16.0 Å². The van der Waals surface area contributed by atoms with E-state index < -0.39 is 0 Å². The molecule has 3 N–H and O–H groups in total. The van der Waals surface area contributed by atoms with Crippen LogP contribution in [0.2, 0.25) is 0 Å². The number of rotatable bonds is 6. The largest absolute Gasteiger partial charge is 0.338 e. The van der Waals surface area contributed by atoms with Crippen LogP contribution in [0.1, 0.15) is 24.8 Å². The fourth-order valence-electron chi connectivity index (χ4n) is 1.78. The fraction of sp³-hybridized carbons (Fsp3) is 0.500. The molecule has 1 aromatic rings. The molecule has 0 aliphatic heterocycles. The van der Waals surface area contributed by atoms with E-state index in [1.165, 1.54) is 12.8 Å². The Balaban J connectivity index is 1.59. The van der Waals surface area contributed by atoms with Crippen molar-refractivity contribution in [1.29, 1.82) is 0 Å². The monoisotopic (exact) mass is 247 g/mol. The maximum atomic E-state index is 11.6. The van der Waals surface area contributed by atoms with Gasteiger partial charge in [-0.15, -0.1) is 0 Å². The Bertz CT molecular complexity index is 402. The molecule has 2 rings (SSSR count). The summed E-state index contributed by atoms with van der Waals surface area (Å²) in [5, 5.41) is 9.09. The minimum absolute atomic E-state index is 0.132. The molecule has 98 valence electrons. The average molecular weight is 247 g/mol. The van der Waals surface area contributed by atoms with E-state index in [4.69, 9.17) is 0 Å². The van der Waals surface area contributed by atoms with Crippen molar-refractivity contribution < 1.29 is 4.79 Å². The lowest BCUT2D eigenvalue weighted by atomic mass is 10.2. The quantitative estimate of drug-likeness (QED) is 0.675. The molecule has 2 amide bonds. The maximum Gasteiger partial charge on any atom is 0.319 e. The predicted octanol–water partition coefficient (Wildman–Crippen LogP) is 2.26. The Morgan fingerprint density at radius 2 is 2.17 bits per heavy atom. The summed E-state index contributed by atoms with van der Waals surface area (Å²) in [4.78, 5) is 11.6. The Morgan fingerprint density at radius 1 is 1.33 bits per heavy atom. The van der Waals surface area contributed by atoms with Crippen molar-refractivity contribution in [3.8, 4) is 0 Å². The van der Waals surface area contributed by atoms with Gasteiger partial charge in [0, 0.05) is 18.3 Å². The highest BCUT2D eigenvalue weighted by atomic mass is 16.2. The fourth-order valence-corrected chi connectivity index (χ4v) is 1.78. The highest BCUT2D eigenvalue weighted by molar-refractivity contribution is 5.89. The molecule has 1 aromatic carbocycles. The third-order valence-electron chi connectivity index (χ3n) is 2.93. The summed E-state index contributed by atoms with van der Waals surface area (Å²) in [5.41, 5.74) is 1.98. The van der Waals surface area contributed by atoms with Crippen molar-refractivity contribution in [1.82, 2.24) is 10.6 Å². The molecule has 0 atom stereocenters. The highest BCUT2D eigenvalue weighted by Crippen LogP contribution is 2.18. The summed E-state index contributed by atoms with van der Waals surface area (Å²) in [5.74, 6) is 0. The van der Waals surface area contributed by atoms with Crippen LogP contribution in [-0.4, -0.2) is 25.2 Å². The molecule has 0 radical (unpaired) electrons. The minimum Gasteiger partial charge on any atom is -0.338 e. The molecular formula is C14H21N3O. The summed E-state index contributed by atoms with van der Waals surface area (Å²) >= 11 is 0. The van der Waals surface area contributed by atoms with E-state index in [1.54, 1.807) is 0 Å². The highest BCUT2D eigenvalue weighted by Gasteiger charge is 2.19. The van der Waals surface area contributed by atoms with Gasteiger partial charge in [-0.25, -0.2) is 4.79 Å². The zero-order valence-corrected chi connectivity index (χ0v) is 10.8. The summed E-state index contributed by atoms with van der Waals surface area (Å²) in [6.07, 6.45) is 3.58. The number of hydrogen-bond donors (Lipinski definition) is 3. The third-order valence-corrected chi connectivity index (χ3v) is 2.93. The normalized spacial score (nSPS) is 14.3. The second-order valence-corrected chi connectivity index (χ2v) is 4.83. The van der Waals surface area contributed by atoms with Crippen molar-refractivity contribution >= 4 is 11.7 Å². The Hall–Kier alpha value is -1.55. The summed E-state index contributed by atoms with van der Waals surface area (Å²) in [6, 6.07) is 8.39. The van der Waals surface area contributed by atoms with Crippen LogP contribution in [0.15, 0.2) is 24.3 Å². The van der Waals surface area contributed by atoms with Crippen LogP contribution in [0.4, 0.5) is 10.5 Å². The van der Waals surface area contributed by atoms with Crippen molar-refractivity contribution in [3.05, 3.63) is 29.8 Å². The van der Waals surface area contributed by atoms with E-state index in [1.807, 2.05) is 31.2 Å². The predicted molar refractivity (Wildman–Crippen MR) is 73.8 cm³/mol. The Labute approximate surface area is 108 Å². The molecule has 0 heterocycles. The van der Waals surface area contributed by atoms with Gasteiger partial charge < -0.3 is 16.0 Å². The number of amides is 2. The van der Waals surface area contributed by atoms with E-state index in [-0.39, 0.29) is 6.03 Å². The number of benzene rings is 1. The second kappa shape index (κ2) is 6.40. The van der Waals surface area contributed by atoms with Crippen molar-refractivity contribution in [2.45, 2.75) is 32.2 Å². The second-order valence-electron chi connectivity index (χ2n) is 4.83. The first-order valence-corrected chi connectivity index (χ1v) is 6.59. The Kier molecular flexibility index (Phi) is 4.59. The number of anilines is 1. The van der Waals surface area contributed by atoms with E-state index >= 15 is 0 Å². The zero-order valence-electron chi connectivity index (χ0n) is 10.8. The minimum atomic E-state index is -0.132. The number of hydrogen-bond acceptors (Lipinski definition) is 2. The summed E-state index contributed by atoms with van der Waals surface area (Å²) < 4.78 is 0. The molecule has 0 saturated heterocycles. The van der Waals surface area contributed by atoms with Gasteiger partial charge in [-0.3, -0.25) is 0 Å². The Morgan fingerprint density at radius 3 is 2.89 bits per heavy atom. The first-order chi connectivity index (χ1) is 8.74. The van der Waals surface area contributed by atoms with Crippen LogP contribution < -0.4 is 16.0 Å². The number of urea groups is 1. The zero-order chi connectivity index (χ0) is 12.8. The number of nitrogens with one attached hydrogen (secondary N) is 3. The topological polar surface area (TPSA) is 53.2 Å². The molecule has 0 spiro atoms. The van der Waals surface area contributed by atoms with Gasteiger partial charge in [-0.1, -0.05) is 12.1 Å². The molecule has 18 heavy (non-hydrogen) atoms. The first-order valence-electron chi connectivity index (χ1n) is 6.59. The van der Waals surface area contributed by atoms with E-state index in [0.29, 0.717) is 6.54 Å². The molecule has 4 heteroatoms. The van der Waals surface area contributed by atoms with Crippen LogP contribution in [0.3, 0.4) is 0 Å². The van der Waals surface area contributed by atoms with Gasteiger partial charge in [0.25, 0.3) is 0 Å². The van der Waals surface area contributed by atoms with Crippen LogP contribution >= 0.6 is 0 Å². The summed E-state index contributed by atoms with van der Waals surface area (Å²) in [6.45, 7) is 3.69. The smallest absolute Gasteiger partial charge is 0.319 e. The lowest BCUT2D eigenvalue weighted by Gasteiger charge is -2.08. The molecule has 0 aromatic heterocycles. The molecular weight excluding hydrogens is 226 g/mol. The number of carbonyl (C=O) groups excluding carboxylic acids is 1. The summed E-state index contributed by atoms with van der Waals surface area (Å²) in [7, 11) is 0. The van der Waals surface area contributed by atoms with Gasteiger partial charge in [0.05, 0.1) is 0 Å². The van der Waals surface area contributed by atoms with Gasteiger partial charge in [0.2, 0.25) is 0 Å². The van der Waals surface area contributed by atoms with Gasteiger partial charge in [-0.2, -0.15) is 0 Å². The maximum absolute atomic E-state index is 11.6. The SMILES string of the molecule is Cc1cccc(NC(=O)NCCCNC2CC2)c1. The number of aryl methyl sites for hydroxylation is 1. The van der Waals surface area contributed by atoms with Crippen LogP contribution in [-0.2, 0) is 0 Å². The molecule has 1 saturated carbocycles. The van der Waals surface area contributed by atoms with E-state index in [0.717, 1.165) is 30.3 Å². The van der Waals surface area contributed by atoms with Crippen molar-refractivity contribution in [2.24, 2.45) is 0 Å². The molecule has 0 unspecified atom stereocenters. The van der Waals surface area contributed by atoms with Crippen molar-refractivity contribution in [2.75, 3.05) is 18.4 Å². The third kappa shape index (κ3) is 4.75.